The van der Waals surface area contributed by atoms with E-state index in [1.54, 1.807) is 24.4 Å². The van der Waals surface area contributed by atoms with Gasteiger partial charge in [-0.3, -0.25) is 9.59 Å². The van der Waals surface area contributed by atoms with Gasteiger partial charge in [0.15, 0.2) is 6.10 Å². The highest BCUT2D eigenvalue weighted by Crippen LogP contribution is 2.23. The average Bonchev–Trinajstić information content (AvgIpc) is 3.44. The molecule has 2 amide bonds. The topological polar surface area (TPSA) is 158 Å². The number of carbonyl (C=O) groups is 3. The summed E-state index contributed by atoms with van der Waals surface area (Å²) < 4.78 is 37.9. The lowest BCUT2D eigenvalue weighted by atomic mass is 10.1. The summed E-state index contributed by atoms with van der Waals surface area (Å²) in [5.74, 6) is -1.82. The van der Waals surface area contributed by atoms with Gasteiger partial charge in [0, 0.05) is 0 Å². The minimum atomic E-state index is -3.94. The maximum Gasteiger partial charge on any atom is 0.339 e. The molecule has 0 aliphatic rings. The maximum absolute atomic E-state index is 12.7. The Bertz CT molecular complexity index is 1280. The second-order valence-corrected chi connectivity index (χ2v) is 9.63. The van der Waals surface area contributed by atoms with Crippen LogP contribution in [-0.4, -0.2) is 32.3 Å². The van der Waals surface area contributed by atoms with E-state index in [0.29, 0.717) is 11.3 Å². The van der Waals surface area contributed by atoms with Gasteiger partial charge in [-0.25, -0.2) is 17.9 Å². The largest absolute Gasteiger partial charge is 0.468 e. The molecular formula is C21H21N3O7S2. The second kappa shape index (κ2) is 9.98. The fraction of sp³-hybridized carbons (Fsp3) is 0.190. The lowest BCUT2D eigenvalue weighted by Gasteiger charge is -2.15. The van der Waals surface area contributed by atoms with E-state index in [9.17, 15) is 22.8 Å². The Morgan fingerprint density at radius 3 is 2.61 bits per heavy atom. The van der Waals surface area contributed by atoms with Crippen molar-refractivity contribution in [3.63, 3.8) is 0 Å². The highest BCUT2D eigenvalue weighted by molar-refractivity contribution is 7.89. The van der Waals surface area contributed by atoms with Gasteiger partial charge in [0.25, 0.3) is 11.8 Å². The van der Waals surface area contributed by atoms with Crippen molar-refractivity contribution in [3.8, 4) is 0 Å². The van der Waals surface area contributed by atoms with Crippen LogP contribution in [0.2, 0.25) is 0 Å². The zero-order valence-corrected chi connectivity index (χ0v) is 19.3. The number of sulfonamides is 1. The zero-order valence-electron chi connectivity index (χ0n) is 17.7. The molecule has 0 aliphatic carbocycles. The van der Waals surface area contributed by atoms with Crippen molar-refractivity contribution in [3.05, 3.63) is 70.5 Å². The maximum atomic E-state index is 12.7. The van der Waals surface area contributed by atoms with Gasteiger partial charge in [-0.15, -0.1) is 11.3 Å². The van der Waals surface area contributed by atoms with Gasteiger partial charge in [-0.1, -0.05) is 6.07 Å². The number of primary amides is 1. The Kier molecular flexibility index (Phi) is 7.31. The summed E-state index contributed by atoms with van der Waals surface area (Å²) in [5.41, 5.74) is 5.85. The first-order valence-electron chi connectivity index (χ1n) is 9.60. The SMILES string of the molecule is Cc1ccc(S(=O)(=O)NCc2ccco2)cc1C(=O)OC(C)C(=O)Nc1sccc1C(N)=O. The fourth-order valence-electron chi connectivity index (χ4n) is 2.74. The third-order valence-corrected chi connectivity index (χ3v) is 6.80. The smallest absolute Gasteiger partial charge is 0.339 e. The minimum absolute atomic E-state index is 0.00975. The van der Waals surface area contributed by atoms with Gasteiger partial charge >= 0.3 is 5.97 Å². The molecule has 1 aromatic carbocycles. The van der Waals surface area contributed by atoms with Gasteiger partial charge in [-0.05, 0) is 55.1 Å². The third kappa shape index (κ3) is 5.86. The molecular weight excluding hydrogens is 470 g/mol. The van der Waals surface area contributed by atoms with Crippen LogP contribution in [0.5, 0.6) is 0 Å². The Morgan fingerprint density at radius 2 is 1.94 bits per heavy atom. The Morgan fingerprint density at radius 1 is 1.18 bits per heavy atom. The molecule has 33 heavy (non-hydrogen) atoms. The molecule has 2 heterocycles. The fourth-order valence-corrected chi connectivity index (χ4v) is 4.56. The van der Waals surface area contributed by atoms with Crippen LogP contribution < -0.4 is 15.8 Å². The first-order chi connectivity index (χ1) is 15.6. The summed E-state index contributed by atoms with van der Waals surface area (Å²) in [6.07, 6.45) is 0.200. The Labute approximate surface area is 193 Å². The summed E-state index contributed by atoms with van der Waals surface area (Å²) in [6, 6.07) is 8.72. The number of hydrogen-bond donors (Lipinski definition) is 3. The van der Waals surface area contributed by atoms with Crippen LogP contribution in [-0.2, 0) is 26.1 Å². The monoisotopic (exact) mass is 491 g/mol. The van der Waals surface area contributed by atoms with Gasteiger partial charge in [0.2, 0.25) is 10.0 Å². The number of furan rings is 1. The van der Waals surface area contributed by atoms with Crippen molar-refractivity contribution >= 4 is 44.1 Å². The van der Waals surface area contributed by atoms with Crippen molar-refractivity contribution in [2.75, 3.05) is 5.32 Å². The van der Waals surface area contributed by atoms with E-state index in [-0.39, 0.29) is 27.6 Å². The third-order valence-electron chi connectivity index (χ3n) is 4.58. The van der Waals surface area contributed by atoms with Crippen molar-refractivity contribution in [1.29, 1.82) is 0 Å². The number of carbonyl (C=O) groups excluding carboxylic acids is 3. The van der Waals surface area contributed by atoms with E-state index >= 15 is 0 Å². The summed E-state index contributed by atoms with van der Waals surface area (Å²) in [6.45, 7) is 2.90. The predicted octanol–water partition coefficient (Wildman–Crippen LogP) is 2.41. The van der Waals surface area contributed by atoms with Crippen molar-refractivity contribution in [2.45, 2.75) is 31.4 Å². The van der Waals surface area contributed by atoms with Crippen LogP contribution in [0.1, 0.15) is 39.0 Å². The molecule has 3 rings (SSSR count). The lowest BCUT2D eigenvalue weighted by Crippen LogP contribution is -2.30. The highest BCUT2D eigenvalue weighted by Gasteiger charge is 2.24. The van der Waals surface area contributed by atoms with Gasteiger partial charge in [0.05, 0.1) is 28.8 Å². The van der Waals surface area contributed by atoms with E-state index in [4.69, 9.17) is 14.9 Å². The molecule has 12 heteroatoms. The number of ether oxygens (including phenoxy) is 1. The zero-order chi connectivity index (χ0) is 24.2. The van der Waals surface area contributed by atoms with Gasteiger partial charge in [0.1, 0.15) is 10.8 Å². The molecule has 0 bridgehead atoms. The first kappa shape index (κ1) is 24.2. The standard InChI is InChI=1S/C21H21N3O7S2/c1-12-5-6-15(33(28,29)23-11-14-4-3-8-30-14)10-17(12)21(27)31-13(2)19(26)24-20-16(18(22)25)7-9-32-20/h3-10,13,23H,11H2,1-2H3,(H2,22,25)(H,24,26). The molecule has 10 nitrogen and oxygen atoms in total. The minimum Gasteiger partial charge on any atom is -0.468 e. The summed E-state index contributed by atoms with van der Waals surface area (Å²) >= 11 is 1.10. The molecule has 0 radical (unpaired) electrons. The van der Waals surface area contributed by atoms with Crippen molar-refractivity contribution in [2.24, 2.45) is 5.73 Å². The van der Waals surface area contributed by atoms with Crippen LogP contribution in [0.15, 0.2) is 57.4 Å². The number of benzene rings is 1. The van der Waals surface area contributed by atoms with Crippen molar-refractivity contribution in [1.82, 2.24) is 4.72 Å². The number of anilines is 1. The quantitative estimate of drug-likeness (QED) is 0.388. The number of esters is 1. The van der Waals surface area contributed by atoms with Crippen LogP contribution in [0.25, 0.3) is 0 Å². The number of nitrogens with one attached hydrogen (secondary N) is 2. The molecule has 0 spiro atoms. The molecule has 0 fully saturated rings. The number of nitrogens with two attached hydrogens (primary N) is 1. The number of aryl methyl sites for hydroxylation is 1. The molecule has 1 atom stereocenters. The second-order valence-electron chi connectivity index (χ2n) is 6.95. The lowest BCUT2D eigenvalue weighted by molar-refractivity contribution is -0.123. The molecule has 174 valence electrons. The highest BCUT2D eigenvalue weighted by atomic mass is 32.2. The molecule has 4 N–H and O–H groups in total. The van der Waals surface area contributed by atoms with Crippen LogP contribution >= 0.6 is 11.3 Å². The number of hydrogen-bond acceptors (Lipinski definition) is 8. The normalized spacial score (nSPS) is 12.2. The first-order valence-corrected chi connectivity index (χ1v) is 12.0. The number of amides is 2. The summed E-state index contributed by atoms with van der Waals surface area (Å²) in [5, 5.41) is 4.32. The van der Waals surface area contributed by atoms with E-state index in [0.717, 1.165) is 11.3 Å². The van der Waals surface area contributed by atoms with Gasteiger partial charge in [-0.2, -0.15) is 0 Å². The van der Waals surface area contributed by atoms with E-state index in [2.05, 4.69) is 10.0 Å². The number of thiophene rings is 1. The van der Waals surface area contributed by atoms with E-state index in [1.165, 1.54) is 37.5 Å². The summed E-state index contributed by atoms with van der Waals surface area (Å²) in [4.78, 5) is 36.3. The molecule has 1 unspecified atom stereocenters. The molecule has 0 saturated carbocycles. The molecule has 2 aromatic heterocycles. The Hall–Kier alpha value is -3.48. The average molecular weight is 492 g/mol. The molecule has 0 aliphatic heterocycles. The molecule has 3 aromatic rings. The predicted molar refractivity (Wildman–Crippen MR) is 120 cm³/mol. The van der Waals surface area contributed by atoms with Crippen molar-refractivity contribution < 1.29 is 32.0 Å². The molecule has 0 saturated heterocycles. The van der Waals surface area contributed by atoms with Gasteiger partial charge < -0.3 is 20.2 Å². The van der Waals surface area contributed by atoms with Crippen LogP contribution in [0.3, 0.4) is 0 Å². The number of rotatable bonds is 9. The van der Waals surface area contributed by atoms with Crippen LogP contribution in [0, 0.1) is 6.92 Å². The summed E-state index contributed by atoms with van der Waals surface area (Å²) in [7, 11) is -3.94. The van der Waals surface area contributed by atoms with Crippen LogP contribution in [0.4, 0.5) is 5.00 Å². The Balaban J connectivity index is 1.70. The van der Waals surface area contributed by atoms with E-state index in [1.807, 2.05) is 0 Å². The van der Waals surface area contributed by atoms with E-state index < -0.39 is 33.9 Å².